The fraction of sp³-hybridized carbons (Fsp3) is 0.615. The SMILES string of the molecule is CC1CN(C(=O)c2c[nH]c3ccc(C(=O)N4CC5(C)CC4CC(C)(C)C5)cc23)CC(C)O1. The van der Waals surface area contributed by atoms with E-state index in [0.717, 1.165) is 36.7 Å². The Morgan fingerprint density at radius 1 is 1.06 bits per heavy atom. The normalized spacial score (nSPS) is 31.8. The van der Waals surface area contributed by atoms with E-state index in [-0.39, 0.29) is 34.9 Å². The Morgan fingerprint density at radius 2 is 1.78 bits per heavy atom. The zero-order valence-corrected chi connectivity index (χ0v) is 19.9. The van der Waals surface area contributed by atoms with Gasteiger partial charge in [-0.2, -0.15) is 0 Å². The molecule has 3 aliphatic rings. The van der Waals surface area contributed by atoms with Crippen molar-refractivity contribution in [3.8, 4) is 0 Å². The molecule has 1 aliphatic carbocycles. The van der Waals surface area contributed by atoms with Crippen LogP contribution in [0.2, 0.25) is 0 Å². The van der Waals surface area contributed by atoms with Crippen molar-refractivity contribution in [2.24, 2.45) is 10.8 Å². The van der Waals surface area contributed by atoms with E-state index in [0.29, 0.717) is 30.3 Å². The fourth-order valence-electron chi connectivity index (χ4n) is 6.81. The molecule has 1 saturated carbocycles. The lowest BCUT2D eigenvalue weighted by atomic mass is 9.65. The molecule has 4 unspecified atom stereocenters. The molecule has 172 valence electrons. The van der Waals surface area contributed by atoms with Gasteiger partial charge in [0.2, 0.25) is 0 Å². The number of amides is 2. The van der Waals surface area contributed by atoms with Gasteiger partial charge in [0.05, 0.1) is 17.8 Å². The van der Waals surface area contributed by atoms with Crippen LogP contribution in [0.4, 0.5) is 0 Å². The predicted molar refractivity (Wildman–Crippen MR) is 125 cm³/mol. The standard InChI is InChI=1S/C26H35N3O3/c1-16-12-28(13-17(2)32-16)24(31)21-11-27-22-7-6-18(8-20(21)22)23(30)29-15-26(5)10-19(29)9-25(3,4)14-26/h6-8,11,16-17,19,27H,9-10,12-15H2,1-5H3. The number of carbonyl (C=O) groups excluding carboxylic acids is 2. The number of aromatic nitrogens is 1. The van der Waals surface area contributed by atoms with Crippen molar-refractivity contribution in [2.75, 3.05) is 19.6 Å². The van der Waals surface area contributed by atoms with Gasteiger partial charge in [0, 0.05) is 48.3 Å². The minimum atomic E-state index is -0.00543. The minimum Gasteiger partial charge on any atom is -0.372 e. The average Bonchev–Trinajstić information content (AvgIpc) is 3.22. The number of nitrogens with one attached hydrogen (secondary N) is 1. The number of hydrogen-bond acceptors (Lipinski definition) is 3. The molecule has 2 aliphatic heterocycles. The lowest BCUT2D eigenvalue weighted by Crippen LogP contribution is -2.48. The van der Waals surface area contributed by atoms with Crippen molar-refractivity contribution >= 4 is 22.7 Å². The molecule has 4 atom stereocenters. The summed E-state index contributed by atoms with van der Waals surface area (Å²) in [7, 11) is 0. The first kappa shape index (κ1) is 21.5. The fourth-order valence-corrected chi connectivity index (χ4v) is 6.81. The lowest BCUT2D eigenvalue weighted by molar-refractivity contribution is -0.0585. The summed E-state index contributed by atoms with van der Waals surface area (Å²) in [6.45, 7) is 12.9. The van der Waals surface area contributed by atoms with Gasteiger partial charge in [-0.05, 0) is 62.1 Å². The number of ether oxygens (including phenoxy) is 1. The molecule has 1 aromatic heterocycles. The second-order valence-corrected chi connectivity index (χ2v) is 11.6. The Labute approximate surface area is 190 Å². The monoisotopic (exact) mass is 437 g/mol. The van der Waals surface area contributed by atoms with Crippen molar-refractivity contribution in [3.05, 3.63) is 35.5 Å². The predicted octanol–water partition coefficient (Wildman–Crippen LogP) is 4.46. The first-order valence-corrected chi connectivity index (χ1v) is 11.9. The Hall–Kier alpha value is -2.34. The molecule has 2 amide bonds. The van der Waals surface area contributed by atoms with Crippen LogP contribution in [0.25, 0.3) is 10.9 Å². The summed E-state index contributed by atoms with van der Waals surface area (Å²) < 4.78 is 5.78. The third kappa shape index (κ3) is 3.72. The quantitative estimate of drug-likeness (QED) is 0.754. The van der Waals surface area contributed by atoms with Crippen LogP contribution in [0, 0.1) is 10.8 Å². The summed E-state index contributed by atoms with van der Waals surface area (Å²) in [5.41, 5.74) is 2.65. The summed E-state index contributed by atoms with van der Waals surface area (Å²) >= 11 is 0. The van der Waals surface area contributed by atoms with Crippen LogP contribution in [0.15, 0.2) is 24.4 Å². The van der Waals surface area contributed by atoms with Crippen molar-refractivity contribution in [2.45, 2.75) is 72.1 Å². The van der Waals surface area contributed by atoms with Crippen molar-refractivity contribution in [1.82, 2.24) is 14.8 Å². The van der Waals surface area contributed by atoms with Crippen molar-refractivity contribution in [3.63, 3.8) is 0 Å². The molecule has 2 aromatic rings. The molecular weight excluding hydrogens is 402 g/mol. The molecule has 5 rings (SSSR count). The van der Waals surface area contributed by atoms with Gasteiger partial charge in [0.1, 0.15) is 0 Å². The number of nitrogens with zero attached hydrogens (tertiary/aromatic N) is 2. The highest BCUT2D eigenvalue weighted by Crippen LogP contribution is 2.52. The number of rotatable bonds is 2. The summed E-state index contributed by atoms with van der Waals surface area (Å²) in [5.74, 6) is 0.0840. The largest absolute Gasteiger partial charge is 0.372 e. The molecule has 1 N–H and O–H groups in total. The zero-order chi connectivity index (χ0) is 22.8. The number of likely N-dealkylation sites (tertiary alicyclic amines) is 1. The lowest BCUT2D eigenvalue weighted by Gasteiger charge is -2.39. The van der Waals surface area contributed by atoms with E-state index in [4.69, 9.17) is 4.74 Å². The van der Waals surface area contributed by atoms with Gasteiger partial charge < -0.3 is 19.5 Å². The highest BCUT2D eigenvalue weighted by Gasteiger charge is 2.51. The topological polar surface area (TPSA) is 65.6 Å². The van der Waals surface area contributed by atoms with Crippen LogP contribution in [-0.2, 0) is 4.74 Å². The van der Waals surface area contributed by atoms with Crippen LogP contribution >= 0.6 is 0 Å². The van der Waals surface area contributed by atoms with Crippen LogP contribution in [0.1, 0.15) is 74.6 Å². The molecule has 3 heterocycles. The Bertz CT molecular complexity index is 1060. The van der Waals surface area contributed by atoms with E-state index in [1.54, 1.807) is 6.20 Å². The Balaban J connectivity index is 1.43. The Kier molecular flexibility index (Phi) is 4.93. The second-order valence-electron chi connectivity index (χ2n) is 11.6. The number of carbonyl (C=O) groups is 2. The molecular formula is C26H35N3O3. The van der Waals surface area contributed by atoms with Gasteiger partial charge >= 0.3 is 0 Å². The highest BCUT2D eigenvalue weighted by molar-refractivity contribution is 6.09. The number of benzene rings is 1. The van der Waals surface area contributed by atoms with E-state index in [1.165, 1.54) is 0 Å². The molecule has 0 radical (unpaired) electrons. The summed E-state index contributed by atoms with van der Waals surface area (Å²) in [5, 5.41) is 0.821. The van der Waals surface area contributed by atoms with E-state index < -0.39 is 0 Å². The van der Waals surface area contributed by atoms with E-state index >= 15 is 0 Å². The molecule has 6 heteroatoms. The van der Waals surface area contributed by atoms with Crippen molar-refractivity contribution in [1.29, 1.82) is 0 Å². The smallest absolute Gasteiger partial charge is 0.256 e. The Morgan fingerprint density at radius 3 is 2.50 bits per heavy atom. The number of hydrogen-bond donors (Lipinski definition) is 1. The molecule has 1 aromatic carbocycles. The maximum Gasteiger partial charge on any atom is 0.256 e. The van der Waals surface area contributed by atoms with Gasteiger partial charge in [-0.25, -0.2) is 0 Å². The van der Waals surface area contributed by atoms with E-state index in [2.05, 4.69) is 30.7 Å². The number of morpholine rings is 1. The van der Waals surface area contributed by atoms with E-state index in [9.17, 15) is 9.59 Å². The molecule has 2 saturated heterocycles. The second kappa shape index (κ2) is 7.34. The van der Waals surface area contributed by atoms with Gasteiger partial charge in [-0.3, -0.25) is 9.59 Å². The maximum absolute atomic E-state index is 13.6. The van der Waals surface area contributed by atoms with Gasteiger partial charge in [-0.1, -0.05) is 20.8 Å². The molecule has 0 spiro atoms. The maximum atomic E-state index is 13.6. The first-order valence-electron chi connectivity index (χ1n) is 11.9. The first-order chi connectivity index (χ1) is 15.0. The molecule has 32 heavy (non-hydrogen) atoms. The third-order valence-electron chi connectivity index (χ3n) is 7.54. The van der Waals surface area contributed by atoms with E-state index in [1.807, 2.05) is 36.9 Å². The van der Waals surface area contributed by atoms with Crippen LogP contribution in [0.3, 0.4) is 0 Å². The zero-order valence-electron chi connectivity index (χ0n) is 19.9. The van der Waals surface area contributed by atoms with Crippen LogP contribution < -0.4 is 0 Å². The highest BCUT2D eigenvalue weighted by atomic mass is 16.5. The summed E-state index contributed by atoms with van der Waals surface area (Å²) in [6.07, 6.45) is 5.11. The minimum absolute atomic E-state index is 0.00543. The van der Waals surface area contributed by atoms with Crippen molar-refractivity contribution < 1.29 is 14.3 Å². The number of aromatic amines is 1. The van der Waals surface area contributed by atoms with Gasteiger partial charge in [-0.15, -0.1) is 0 Å². The summed E-state index contributed by atoms with van der Waals surface area (Å²) in [6, 6.07) is 6.03. The number of H-pyrrole nitrogens is 1. The molecule has 2 bridgehead atoms. The van der Waals surface area contributed by atoms with Crippen LogP contribution in [0.5, 0.6) is 0 Å². The van der Waals surface area contributed by atoms with Crippen LogP contribution in [-0.4, -0.2) is 64.5 Å². The molecule has 3 fully saturated rings. The average molecular weight is 438 g/mol. The summed E-state index contributed by atoms with van der Waals surface area (Å²) in [4.78, 5) is 34.1. The van der Waals surface area contributed by atoms with Gasteiger partial charge in [0.25, 0.3) is 11.8 Å². The third-order valence-corrected chi connectivity index (χ3v) is 7.54. The van der Waals surface area contributed by atoms with Gasteiger partial charge in [0.15, 0.2) is 0 Å². The molecule has 6 nitrogen and oxygen atoms in total. The number of fused-ring (bicyclic) bond motifs is 3.